The van der Waals surface area contributed by atoms with E-state index in [-0.39, 0.29) is 5.76 Å². The lowest BCUT2D eigenvalue weighted by atomic mass is 9.86. The van der Waals surface area contributed by atoms with Gasteiger partial charge in [0.2, 0.25) is 0 Å². The molecule has 21 heavy (non-hydrogen) atoms. The minimum Gasteiger partial charge on any atom is -0.480 e. The largest absolute Gasteiger partial charge is 0.480 e. The van der Waals surface area contributed by atoms with Crippen molar-refractivity contribution in [2.24, 2.45) is 5.41 Å². The first-order valence-electron chi connectivity index (χ1n) is 6.73. The van der Waals surface area contributed by atoms with Crippen LogP contribution in [-0.4, -0.2) is 23.0 Å². The fraction of sp³-hybridized carbons (Fsp3) is 0.375. The topological polar surface area (TPSA) is 79.5 Å². The van der Waals surface area contributed by atoms with Crippen molar-refractivity contribution in [2.75, 3.05) is 0 Å². The molecule has 0 aliphatic rings. The van der Waals surface area contributed by atoms with Gasteiger partial charge in [0.25, 0.3) is 5.91 Å². The van der Waals surface area contributed by atoms with Crippen LogP contribution in [0.25, 0.3) is 11.0 Å². The molecular weight excluding hydrogens is 270 g/mol. The van der Waals surface area contributed by atoms with E-state index in [0.29, 0.717) is 11.1 Å². The molecule has 0 radical (unpaired) electrons. The SMILES string of the molecule is Cc1c(C(=O)NC(C(=O)O)C(C)(C)C)oc2ccccc12. The van der Waals surface area contributed by atoms with Crippen molar-refractivity contribution in [2.45, 2.75) is 33.7 Å². The van der Waals surface area contributed by atoms with Crippen LogP contribution in [-0.2, 0) is 4.79 Å². The molecule has 1 unspecified atom stereocenters. The lowest BCUT2D eigenvalue weighted by molar-refractivity contribution is -0.142. The van der Waals surface area contributed by atoms with Crippen LogP contribution in [0, 0.1) is 12.3 Å². The number of benzene rings is 1. The molecule has 0 saturated heterocycles. The minimum absolute atomic E-state index is 0.159. The second-order valence-corrected chi connectivity index (χ2v) is 6.16. The number of fused-ring (bicyclic) bond motifs is 1. The highest BCUT2D eigenvalue weighted by molar-refractivity contribution is 6.00. The van der Waals surface area contributed by atoms with Gasteiger partial charge in [-0.3, -0.25) is 4.79 Å². The third kappa shape index (κ3) is 2.91. The standard InChI is InChI=1S/C16H19NO4/c1-9-10-7-5-6-8-11(10)21-12(9)14(18)17-13(15(19)20)16(2,3)4/h5-8,13H,1-4H3,(H,17,18)(H,19,20). The van der Waals surface area contributed by atoms with Crippen molar-refractivity contribution in [3.8, 4) is 0 Å². The van der Waals surface area contributed by atoms with Gasteiger partial charge in [0.1, 0.15) is 11.6 Å². The van der Waals surface area contributed by atoms with Gasteiger partial charge in [0.05, 0.1) is 0 Å². The Morgan fingerprint density at radius 1 is 1.24 bits per heavy atom. The van der Waals surface area contributed by atoms with Gasteiger partial charge in [-0.25, -0.2) is 4.79 Å². The Labute approximate surface area is 122 Å². The first-order chi connectivity index (χ1) is 9.71. The molecular formula is C16H19NO4. The van der Waals surface area contributed by atoms with Crippen LogP contribution in [0.15, 0.2) is 28.7 Å². The number of aliphatic carboxylic acids is 1. The highest BCUT2D eigenvalue weighted by Crippen LogP contribution is 2.26. The Morgan fingerprint density at radius 2 is 1.86 bits per heavy atom. The number of aryl methyl sites for hydroxylation is 1. The van der Waals surface area contributed by atoms with Crippen molar-refractivity contribution in [1.82, 2.24) is 5.32 Å². The Hall–Kier alpha value is -2.30. The number of para-hydroxylation sites is 1. The smallest absolute Gasteiger partial charge is 0.326 e. The molecule has 2 aromatic rings. The summed E-state index contributed by atoms with van der Waals surface area (Å²) in [4.78, 5) is 23.7. The average Bonchev–Trinajstić information content (AvgIpc) is 2.72. The van der Waals surface area contributed by atoms with E-state index in [9.17, 15) is 14.7 Å². The Kier molecular flexibility index (Phi) is 3.77. The number of furan rings is 1. The van der Waals surface area contributed by atoms with E-state index in [1.807, 2.05) is 18.2 Å². The van der Waals surface area contributed by atoms with E-state index in [0.717, 1.165) is 5.39 Å². The van der Waals surface area contributed by atoms with Gasteiger partial charge < -0.3 is 14.8 Å². The van der Waals surface area contributed by atoms with E-state index >= 15 is 0 Å². The molecule has 2 rings (SSSR count). The highest BCUT2D eigenvalue weighted by Gasteiger charge is 2.34. The van der Waals surface area contributed by atoms with Gasteiger partial charge in [-0.05, 0) is 18.4 Å². The summed E-state index contributed by atoms with van der Waals surface area (Å²) in [6.45, 7) is 7.07. The van der Waals surface area contributed by atoms with Gasteiger partial charge in [0, 0.05) is 10.9 Å². The predicted octanol–water partition coefficient (Wildman–Crippen LogP) is 2.97. The first kappa shape index (κ1) is 15.1. The van der Waals surface area contributed by atoms with Crippen LogP contribution >= 0.6 is 0 Å². The number of hydrogen-bond acceptors (Lipinski definition) is 3. The summed E-state index contributed by atoms with van der Waals surface area (Å²) in [6.07, 6.45) is 0. The van der Waals surface area contributed by atoms with Crippen molar-refractivity contribution in [1.29, 1.82) is 0 Å². The molecule has 0 spiro atoms. The Bertz CT molecular complexity index is 694. The summed E-state index contributed by atoms with van der Waals surface area (Å²) >= 11 is 0. The third-order valence-corrected chi connectivity index (χ3v) is 3.44. The van der Waals surface area contributed by atoms with Gasteiger partial charge >= 0.3 is 5.97 Å². The summed E-state index contributed by atoms with van der Waals surface area (Å²) < 4.78 is 5.55. The highest BCUT2D eigenvalue weighted by atomic mass is 16.4. The zero-order valence-corrected chi connectivity index (χ0v) is 12.6. The lowest BCUT2D eigenvalue weighted by Crippen LogP contribution is -2.49. The van der Waals surface area contributed by atoms with E-state index in [1.54, 1.807) is 33.8 Å². The van der Waals surface area contributed by atoms with Crippen LogP contribution in [0.1, 0.15) is 36.9 Å². The van der Waals surface area contributed by atoms with Crippen LogP contribution in [0.3, 0.4) is 0 Å². The summed E-state index contributed by atoms with van der Waals surface area (Å²) in [5.41, 5.74) is 0.727. The molecule has 1 aromatic carbocycles. The number of carboxylic acid groups (broad SMARTS) is 1. The summed E-state index contributed by atoms with van der Waals surface area (Å²) in [7, 11) is 0. The molecule has 0 fully saturated rings. The maximum absolute atomic E-state index is 12.3. The zero-order chi connectivity index (χ0) is 15.8. The van der Waals surface area contributed by atoms with Crippen LogP contribution in [0.5, 0.6) is 0 Å². The number of carboxylic acids is 1. The van der Waals surface area contributed by atoms with E-state index < -0.39 is 23.3 Å². The molecule has 1 aromatic heterocycles. The molecule has 112 valence electrons. The van der Waals surface area contributed by atoms with Crippen molar-refractivity contribution in [3.05, 3.63) is 35.6 Å². The van der Waals surface area contributed by atoms with Crippen molar-refractivity contribution >= 4 is 22.8 Å². The molecule has 2 N–H and O–H groups in total. The van der Waals surface area contributed by atoms with Gasteiger partial charge in [0.15, 0.2) is 5.76 Å². The summed E-state index contributed by atoms with van der Waals surface area (Å²) in [5.74, 6) is -1.41. The maximum atomic E-state index is 12.3. The normalized spacial score (nSPS) is 13.1. The van der Waals surface area contributed by atoms with Crippen LogP contribution in [0.2, 0.25) is 0 Å². The molecule has 1 amide bonds. The molecule has 1 heterocycles. The molecule has 0 aliphatic carbocycles. The van der Waals surface area contributed by atoms with Crippen LogP contribution < -0.4 is 5.32 Å². The Morgan fingerprint density at radius 3 is 2.38 bits per heavy atom. The fourth-order valence-electron chi connectivity index (χ4n) is 2.24. The molecule has 0 saturated carbocycles. The maximum Gasteiger partial charge on any atom is 0.326 e. The van der Waals surface area contributed by atoms with Gasteiger partial charge in [-0.1, -0.05) is 39.0 Å². The van der Waals surface area contributed by atoms with E-state index in [2.05, 4.69) is 5.32 Å². The van der Waals surface area contributed by atoms with E-state index in [4.69, 9.17) is 4.42 Å². The first-order valence-corrected chi connectivity index (χ1v) is 6.73. The number of nitrogens with one attached hydrogen (secondary N) is 1. The Balaban J connectivity index is 2.34. The van der Waals surface area contributed by atoms with Crippen LogP contribution in [0.4, 0.5) is 0 Å². The number of carbonyl (C=O) groups excluding carboxylic acids is 1. The number of hydrogen-bond donors (Lipinski definition) is 2. The average molecular weight is 289 g/mol. The quantitative estimate of drug-likeness (QED) is 0.910. The summed E-state index contributed by atoms with van der Waals surface area (Å²) in [5, 5.41) is 12.7. The molecule has 0 bridgehead atoms. The molecule has 0 aliphatic heterocycles. The number of amides is 1. The minimum atomic E-state index is -1.07. The third-order valence-electron chi connectivity index (χ3n) is 3.44. The predicted molar refractivity (Wildman–Crippen MR) is 79.3 cm³/mol. The van der Waals surface area contributed by atoms with Gasteiger partial charge in [-0.15, -0.1) is 0 Å². The molecule has 5 nitrogen and oxygen atoms in total. The van der Waals surface area contributed by atoms with Crippen molar-refractivity contribution in [3.63, 3.8) is 0 Å². The second kappa shape index (κ2) is 5.24. The fourth-order valence-corrected chi connectivity index (χ4v) is 2.24. The molecule has 5 heteroatoms. The van der Waals surface area contributed by atoms with E-state index in [1.165, 1.54) is 0 Å². The second-order valence-electron chi connectivity index (χ2n) is 6.16. The molecule has 1 atom stereocenters. The summed E-state index contributed by atoms with van der Waals surface area (Å²) in [6, 6.07) is 6.34. The van der Waals surface area contributed by atoms with Gasteiger partial charge in [-0.2, -0.15) is 0 Å². The number of carbonyl (C=O) groups is 2. The lowest BCUT2D eigenvalue weighted by Gasteiger charge is -2.27. The zero-order valence-electron chi connectivity index (χ0n) is 12.6. The number of rotatable bonds is 3. The van der Waals surface area contributed by atoms with Crippen molar-refractivity contribution < 1.29 is 19.1 Å². The monoisotopic (exact) mass is 289 g/mol.